The average Bonchev–Trinajstić information content (AvgIpc) is 3.09. The first-order valence-corrected chi connectivity index (χ1v) is 6.83. The Morgan fingerprint density at radius 3 is 2.33 bits per heavy atom. The first kappa shape index (κ1) is 12.1. The van der Waals surface area contributed by atoms with Crippen molar-refractivity contribution in [3.63, 3.8) is 0 Å². The van der Waals surface area contributed by atoms with Gasteiger partial charge in [0.15, 0.2) is 0 Å². The molecule has 0 aliphatic heterocycles. The molecule has 2 fully saturated rings. The Kier molecular flexibility index (Phi) is 2.72. The van der Waals surface area contributed by atoms with Crippen LogP contribution in [0.15, 0.2) is 30.3 Å². The molecule has 3 rings (SSSR count). The van der Waals surface area contributed by atoms with Gasteiger partial charge >= 0.3 is 0 Å². The van der Waals surface area contributed by atoms with Crippen molar-refractivity contribution in [1.82, 2.24) is 0 Å². The van der Waals surface area contributed by atoms with Gasteiger partial charge in [0.05, 0.1) is 0 Å². The van der Waals surface area contributed by atoms with Gasteiger partial charge in [-0.2, -0.15) is 0 Å². The van der Waals surface area contributed by atoms with E-state index in [0.717, 1.165) is 31.2 Å². The van der Waals surface area contributed by atoms with Gasteiger partial charge < -0.3 is 11.5 Å². The molecule has 0 aromatic heterocycles. The van der Waals surface area contributed by atoms with Crippen molar-refractivity contribution in [2.75, 3.05) is 0 Å². The lowest BCUT2D eigenvalue weighted by molar-refractivity contribution is 0.180. The number of hydrogen-bond donors (Lipinski definition) is 2. The van der Waals surface area contributed by atoms with Crippen LogP contribution in [0.2, 0.25) is 0 Å². The molecule has 2 aliphatic rings. The first-order chi connectivity index (χ1) is 8.55. The lowest BCUT2D eigenvalue weighted by Gasteiger charge is -2.37. The van der Waals surface area contributed by atoms with Crippen LogP contribution in [0.5, 0.6) is 0 Å². The molecule has 2 nitrogen and oxygen atoms in total. The zero-order valence-corrected chi connectivity index (χ0v) is 10.6. The quantitative estimate of drug-likeness (QED) is 0.844. The molecule has 0 heterocycles. The van der Waals surface area contributed by atoms with Crippen molar-refractivity contribution in [2.45, 2.75) is 49.4 Å². The molecular weight excluding hydrogens is 227 g/mol. The number of nitrogens with two attached hydrogens (primary N) is 2. The molecule has 2 aliphatic carbocycles. The van der Waals surface area contributed by atoms with Crippen LogP contribution in [0.25, 0.3) is 0 Å². The largest absolute Gasteiger partial charge is 0.328 e. The van der Waals surface area contributed by atoms with Crippen LogP contribution in [0.3, 0.4) is 0 Å². The molecule has 2 saturated carbocycles. The van der Waals surface area contributed by atoms with E-state index in [1.54, 1.807) is 0 Å². The molecule has 0 unspecified atom stereocenters. The number of halogens is 1. The fourth-order valence-corrected chi connectivity index (χ4v) is 3.46. The Morgan fingerprint density at radius 1 is 1.11 bits per heavy atom. The van der Waals surface area contributed by atoms with E-state index in [-0.39, 0.29) is 17.5 Å². The van der Waals surface area contributed by atoms with Crippen LogP contribution in [-0.4, -0.2) is 11.6 Å². The van der Waals surface area contributed by atoms with Crippen molar-refractivity contribution >= 4 is 0 Å². The van der Waals surface area contributed by atoms with E-state index in [9.17, 15) is 4.39 Å². The van der Waals surface area contributed by atoms with Gasteiger partial charge in [-0.05, 0) is 37.7 Å². The van der Waals surface area contributed by atoms with Crippen molar-refractivity contribution in [2.24, 2.45) is 17.4 Å². The Morgan fingerprint density at radius 2 is 1.72 bits per heavy atom. The molecule has 0 radical (unpaired) electrons. The predicted molar refractivity (Wildman–Crippen MR) is 70.7 cm³/mol. The zero-order chi connectivity index (χ0) is 12.8. The number of alkyl halides is 1. The van der Waals surface area contributed by atoms with Crippen LogP contribution in [0.4, 0.5) is 4.39 Å². The molecule has 0 spiro atoms. The molecule has 1 aromatic rings. The maximum atomic E-state index is 14.9. The van der Waals surface area contributed by atoms with E-state index in [4.69, 9.17) is 11.5 Å². The third-order valence-electron chi connectivity index (χ3n) is 4.80. The third kappa shape index (κ3) is 1.86. The fraction of sp³-hybridized carbons (Fsp3) is 0.600. The highest BCUT2D eigenvalue weighted by Crippen LogP contribution is 2.62. The monoisotopic (exact) mass is 248 g/mol. The highest BCUT2D eigenvalue weighted by Gasteiger charge is 2.64. The molecule has 18 heavy (non-hydrogen) atoms. The van der Waals surface area contributed by atoms with Gasteiger partial charge in [0.1, 0.15) is 5.67 Å². The summed E-state index contributed by atoms with van der Waals surface area (Å²) in [6, 6.07) is 9.71. The van der Waals surface area contributed by atoms with E-state index in [1.165, 1.54) is 0 Å². The van der Waals surface area contributed by atoms with Crippen LogP contribution in [0, 0.1) is 5.92 Å². The van der Waals surface area contributed by atoms with Gasteiger partial charge in [-0.3, -0.25) is 0 Å². The minimum absolute atomic E-state index is 0.0279. The van der Waals surface area contributed by atoms with E-state index >= 15 is 0 Å². The number of rotatable bonds is 2. The molecule has 0 amide bonds. The maximum absolute atomic E-state index is 14.9. The predicted octanol–water partition coefficient (Wildman–Crippen LogP) is 2.47. The molecule has 1 aromatic carbocycles. The van der Waals surface area contributed by atoms with Gasteiger partial charge in [0.25, 0.3) is 0 Å². The average molecular weight is 248 g/mol. The van der Waals surface area contributed by atoms with Crippen molar-refractivity contribution in [3.8, 4) is 0 Å². The normalized spacial score (nSPS) is 43.7. The summed E-state index contributed by atoms with van der Waals surface area (Å²) < 4.78 is 14.9. The summed E-state index contributed by atoms with van der Waals surface area (Å²) in [5, 5.41) is 0. The number of benzene rings is 1. The summed E-state index contributed by atoms with van der Waals surface area (Å²) >= 11 is 0. The molecule has 0 bridgehead atoms. The van der Waals surface area contributed by atoms with E-state index in [1.807, 2.05) is 30.3 Å². The summed E-state index contributed by atoms with van der Waals surface area (Å²) in [5.41, 5.74) is 11.6. The minimum Gasteiger partial charge on any atom is -0.328 e. The summed E-state index contributed by atoms with van der Waals surface area (Å²) in [6.45, 7) is 0. The fourth-order valence-electron chi connectivity index (χ4n) is 3.46. The zero-order valence-electron chi connectivity index (χ0n) is 10.6. The molecule has 98 valence electrons. The second-order valence-corrected chi connectivity index (χ2v) is 6.06. The van der Waals surface area contributed by atoms with Crippen LogP contribution in [0.1, 0.15) is 37.7 Å². The van der Waals surface area contributed by atoms with Crippen molar-refractivity contribution < 1.29 is 4.39 Å². The Balaban J connectivity index is 1.77. The van der Waals surface area contributed by atoms with Gasteiger partial charge in [-0.1, -0.05) is 30.3 Å². The third-order valence-corrected chi connectivity index (χ3v) is 4.80. The van der Waals surface area contributed by atoms with E-state index in [0.29, 0.717) is 6.42 Å². The van der Waals surface area contributed by atoms with Crippen LogP contribution < -0.4 is 11.5 Å². The molecule has 0 saturated heterocycles. The Hall–Kier alpha value is -0.930. The van der Waals surface area contributed by atoms with Crippen molar-refractivity contribution in [3.05, 3.63) is 35.9 Å². The van der Waals surface area contributed by atoms with E-state index < -0.39 is 5.67 Å². The molecule has 4 N–H and O–H groups in total. The summed E-state index contributed by atoms with van der Waals surface area (Å²) in [7, 11) is 0. The topological polar surface area (TPSA) is 52.0 Å². The molecule has 3 heteroatoms. The van der Waals surface area contributed by atoms with Gasteiger partial charge in [0.2, 0.25) is 0 Å². The van der Waals surface area contributed by atoms with Crippen LogP contribution >= 0.6 is 0 Å². The Bertz CT molecular complexity index is 425. The summed E-state index contributed by atoms with van der Waals surface area (Å²) in [5.74, 6) is -0.0279. The van der Waals surface area contributed by atoms with E-state index in [2.05, 4.69) is 0 Å². The lowest BCUT2D eigenvalue weighted by Crippen LogP contribution is -2.49. The second-order valence-electron chi connectivity index (χ2n) is 6.06. The molecular formula is C15H21FN2. The standard InChI is InChI=1S/C15H21FN2/c16-15(11-4-2-1-3-5-11)10-13(15)14(18)8-6-12(17)7-9-14/h1-5,12-13H,6-10,17-18H2/t12?,13-,14?,15-/m0/s1. The summed E-state index contributed by atoms with van der Waals surface area (Å²) in [6.07, 6.45) is 4.15. The van der Waals surface area contributed by atoms with Gasteiger partial charge in [-0.15, -0.1) is 0 Å². The van der Waals surface area contributed by atoms with Crippen LogP contribution in [-0.2, 0) is 5.67 Å². The second kappa shape index (κ2) is 4.04. The minimum atomic E-state index is -1.20. The SMILES string of the molecule is NC1CCC(N)([C@@H]2C[C@]2(F)c2ccccc2)CC1. The first-order valence-electron chi connectivity index (χ1n) is 6.83. The molecule has 2 atom stereocenters. The number of hydrogen-bond acceptors (Lipinski definition) is 2. The lowest BCUT2D eigenvalue weighted by atomic mass is 9.76. The smallest absolute Gasteiger partial charge is 0.141 e. The summed E-state index contributed by atoms with van der Waals surface area (Å²) in [4.78, 5) is 0. The van der Waals surface area contributed by atoms with Crippen molar-refractivity contribution in [1.29, 1.82) is 0 Å². The van der Waals surface area contributed by atoms with Gasteiger partial charge in [-0.25, -0.2) is 4.39 Å². The maximum Gasteiger partial charge on any atom is 0.141 e. The highest BCUT2D eigenvalue weighted by molar-refractivity contribution is 5.32. The van der Waals surface area contributed by atoms with Gasteiger partial charge in [0, 0.05) is 17.5 Å². The highest BCUT2D eigenvalue weighted by atomic mass is 19.1. The Labute approximate surface area is 108 Å².